The van der Waals surface area contributed by atoms with Crippen LogP contribution in [0.2, 0.25) is 0 Å². The molecule has 2 rings (SSSR count). The standard InChI is InChI=1S/C9H7BrN2O/c10-7-1-2-8-5-11-9(3-4-13)12(8)6-7/h1-2,4-6H,3H2. The Hall–Kier alpha value is -1.16. The highest BCUT2D eigenvalue weighted by atomic mass is 79.9. The monoisotopic (exact) mass is 238 g/mol. The van der Waals surface area contributed by atoms with Gasteiger partial charge >= 0.3 is 0 Å². The molecule has 2 heterocycles. The van der Waals surface area contributed by atoms with Crippen molar-refractivity contribution in [3.63, 3.8) is 0 Å². The molecule has 0 unspecified atom stereocenters. The zero-order valence-electron chi connectivity index (χ0n) is 6.77. The van der Waals surface area contributed by atoms with Crippen LogP contribution < -0.4 is 0 Å². The fraction of sp³-hybridized carbons (Fsp3) is 0.111. The van der Waals surface area contributed by atoms with E-state index in [1.54, 1.807) is 6.20 Å². The molecule has 2 aromatic heterocycles. The Bertz CT molecular complexity index is 450. The van der Waals surface area contributed by atoms with E-state index in [1.807, 2.05) is 22.7 Å². The first kappa shape index (κ1) is 8.44. The van der Waals surface area contributed by atoms with Crippen molar-refractivity contribution < 1.29 is 4.79 Å². The number of nitrogens with zero attached hydrogens (tertiary/aromatic N) is 2. The molecule has 0 atom stereocenters. The summed E-state index contributed by atoms with van der Waals surface area (Å²) in [5.41, 5.74) is 1.00. The van der Waals surface area contributed by atoms with Crippen molar-refractivity contribution >= 4 is 27.7 Å². The molecule has 0 aliphatic carbocycles. The highest BCUT2D eigenvalue weighted by Crippen LogP contribution is 2.13. The van der Waals surface area contributed by atoms with Crippen LogP contribution in [0.25, 0.3) is 5.52 Å². The zero-order chi connectivity index (χ0) is 9.26. The van der Waals surface area contributed by atoms with E-state index in [9.17, 15) is 4.79 Å². The largest absolute Gasteiger partial charge is 0.303 e. The van der Waals surface area contributed by atoms with Gasteiger partial charge in [0.1, 0.15) is 12.1 Å². The third kappa shape index (κ3) is 1.49. The van der Waals surface area contributed by atoms with Crippen LogP contribution in [-0.2, 0) is 11.2 Å². The average molecular weight is 239 g/mol. The van der Waals surface area contributed by atoms with Crippen molar-refractivity contribution in [3.05, 3.63) is 34.8 Å². The smallest absolute Gasteiger partial charge is 0.127 e. The summed E-state index contributed by atoms with van der Waals surface area (Å²) in [6.07, 6.45) is 4.87. The lowest BCUT2D eigenvalue weighted by molar-refractivity contribution is -0.107. The summed E-state index contributed by atoms with van der Waals surface area (Å²) >= 11 is 3.37. The van der Waals surface area contributed by atoms with E-state index in [1.165, 1.54) is 0 Å². The average Bonchev–Trinajstić information content (AvgIpc) is 2.49. The van der Waals surface area contributed by atoms with E-state index in [0.29, 0.717) is 6.42 Å². The number of pyridine rings is 1. The number of hydrogen-bond donors (Lipinski definition) is 0. The van der Waals surface area contributed by atoms with Gasteiger partial charge in [-0.2, -0.15) is 0 Å². The summed E-state index contributed by atoms with van der Waals surface area (Å²) in [5, 5.41) is 0. The van der Waals surface area contributed by atoms with Crippen LogP contribution in [-0.4, -0.2) is 15.7 Å². The number of carbonyl (C=O) groups is 1. The summed E-state index contributed by atoms with van der Waals surface area (Å²) in [5.74, 6) is 0.770. The molecular formula is C9H7BrN2O. The second-order valence-corrected chi connectivity index (χ2v) is 3.60. The van der Waals surface area contributed by atoms with Crippen molar-refractivity contribution in [1.82, 2.24) is 9.38 Å². The minimum Gasteiger partial charge on any atom is -0.303 e. The van der Waals surface area contributed by atoms with Crippen molar-refractivity contribution in [2.24, 2.45) is 0 Å². The Morgan fingerprint density at radius 2 is 2.38 bits per heavy atom. The number of fused-ring (bicyclic) bond motifs is 1. The number of halogens is 1. The summed E-state index contributed by atoms with van der Waals surface area (Å²) in [6.45, 7) is 0. The number of carbonyl (C=O) groups excluding carboxylic acids is 1. The molecule has 0 aliphatic heterocycles. The maximum absolute atomic E-state index is 10.3. The van der Waals surface area contributed by atoms with Crippen molar-refractivity contribution in [2.45, 2.75) is 6.42 Å². The zero-order valence-corrected chi connectivity index (χ0v) is 8.36. The molecule has 0 aromatic carbocycles. The molecule has 3 nitrogen and oxygen atoms in total. The van der Waals surface area contributed by atoms with Gasteiger partial charge in [0, 0.05) is 10.7 Å². The van der Waals surface area contributed by atoms with Crippen molar-refractivity contribution in [1.29, 1.82) is 0 Å². The molecule has 0 saturated heterocycles. The molecule has 0 saturated carbocycles. The fourth-order valence-corrected chi connectivity index (χ4v) is 1.58. The first-order chi connectivity index (χ1) is 6.31. The van der Waals surface area contributed by atoms with E-state index in [-0.39, 0.29) is 0 Å². The number of hydrogen-bond acceptors (Lipinski definition) is 2. The number of aldehydes is 1. The van der Waals surface area contributed by atoms with Crippen molar-refractivity contribution in [3.8, 4) is 0 Å². The lowest BCUT2D eigenvalue weighted by Crippen LogP contribution is -1.94. The first-order valence-corrected chi connectivity index (χ1v) is 4.65. The predicted octanol–water partition coefficient (Wildman–Crippen LogP) is 1.84. The molecule has 4 heteroatoms. The van der Waals surface area contributed by atoms with Gasteiger partial charge in [-0.25, -0.2) is 4.98 Å². The maximum atomic E-state index is 10.3. The van der Waals surface area contributed by atoms with Gasteiger partial charge < -0.3 is 9.20 Å². The molecule has 0 aliphatic rings. The topological polar surface area (TPSA) is 34.4 Å². The molecular weight excluding hydrogens is 232 g/mol. The molecule has 13 heavy (non-hydrogen) atoms. The van der Waals surface area contributed by atoms with E-state index in [0.717, 1.165) is 22.1 Å². The fourth-order valence-electron chi connectivity index (χ4n) is 1.24. The molecule has 66 valence electrons. The molecule has 0 amide bonds. The van der Waals surface area contributed by atoms with Gasteiger partial charge in [-0.05, 0) is 28.1 Å². The SMILES string of the molecule is O=CCc1ncc2ccc(Br)cn12. The lowest BCUT2D eigenvalue weighted by Gasteiger charge is -1.97. The van der Waals surface area contributed by atoms with E-state index >= 15 is 0 Å². The van der Waals surface area contributed by atoms with Crippen LogP contribution in [0.5, 0.6) is 0 Å². The lowest BCUT2D eigenvalue weighted by atomic mass is 10.4. The number of rotatable bonds is 2. The van der Waals surface area contributed by atoms with E-state index in [2.05, 4.69) is 20.9 Å². The quantitative estimate of drug-likeness (QED) is 0.749. The van der Waals surface area contributed by atoms with Gasteiger partial charge in [-0.1, -0.05) is 0 Å². The summed E-state index contributed by atoms with van der Waals surface area (Å²) in [6, 6.07) is 3.90. The van der Waals surface area contributed by atoms with Gasteiger partial charge in [0.25, 0.3) is 0 Å². The summed E-state index contributed by atoms with van der Waals surface area (Å²) < 4.78 is 2.88. The van der Waals surface area contributed by atoms with Crippen LogP contribution in [0.3, 0.4) is 0 Å². The first-order valence-electron chi connectivity index (χ1n) is 3.86. The molecule has 0 radical (unpaired) electrons. The van der Waals surface area contributed by atoms with E-state index in [4.69, 9.17) is 0 Å². The van der Waals surface area contributed by atoms with Crippen LogP contribution >= 0.6 is 15.9 Å². The number of imidazole rings is 1. The van der Waals surface area contributed by atoms with Crippen LogP contribution in [0.1, 0.15) is 5.82 Å². The minimum absolute atomic E-state index is 0.352. The molecule has 0 bridgehead atoms. The molecule has 2 aromatic rings. The van der Waals surface area contributed by atoms with Gasteiger partial charge in [0.15, 0.2) is 0 Å². The Kier molecular flexibility index (Phi) is 2.14. The highest BCUT2D eigenvalue weighted by Gasteiger charge is 2.01. The van der Waals surface area contributed by atoms with Crippen LogP contribution in [0, 0.1) is 0 Å². The minimum atomic E-state index is 0.352. The highest BCUT2D eigenvalue weighted by molar-refractivity contribution is 9.10. The predicted molar refractivity (Wildman–Crippen MR) is 52.7 cm³/mol. The Balaban J connectivity index is 2.64. The van der Waals surface area contributed by atoms with Gasteiger partial charge in [0.2, 0.25) is 0 Å². The van der Waals surface area contributed by atoms with Gasteiger partial charge in [-0.3, -0.25) is 0 Å². The third-order valence-electron chi connectivity index (χ3n) is 1.83. The summed E-state index contributed by atoms with van der Waals surface area (Å²) in [4.78, 5) is 14.5. The number of aromatic nitrogens is 2. The maximum Gasteiger partial charge on any atom is 0.127 e. The Morgan fingerprint density at radius 3 is 3.15 bits per heavy atom. The van der Waals surface area contributed by atoms with Crippen LogP contribution in [0.15, 0.2) is 29.0 Å². The summed E-state index contributed by atoms with van der Waals surface area (Å²) in [7, 11) is 0. The van der Waals surface area contributed by atoms with Gasteiger partial charge in [0.05, 0.1) is 18.1 Å². The van der Waals surface area contributed by atoms with Crippen LogP contribution in [0.4, 0.5) is 0 Å². The Morgan fingerprint density at radius 1 is 1.54 bits per heavy atom. The normalized spacial score (nSPS) is 10.5. The molecule has 0 spiro atoms. The third-order valence-corrected chi connectivity index (χ3v) is 2.30. The van der Waals surface area contributed by atoms with Gasteiger partial charge in [-0.15, -0.1) is 0 Å². The Labute approximate surface area is 83.5 Å². The second-order valence-electron chi connectivity index (χ2n) is 2.69. The van der Waals surface area contributed by atoms with Crippen molar-refractivity contribution in [2.75, 3.05) is 0 Å². The van der Waals surface area contributed by atoms with E-state index < -0.39 is 0 Å². The molecule has 0 N–H and O–H groups in total. The second kappa shape index (κ2) is 3.30. The molecule has 0 fully saturated rings.